The summed E-state index contributed by atoms with van der Waals surface area (Å²) in [5.74, 6) is -0.777. The Balaban J connectivity index is 1.81. The molecule has 1 aliphatic rings. The Bertz CT molecular complexity index is 1420. The fraction of sp³-hybridized carbons (Fsp3) is 0.367. The number of nitrogens with two attached hydrogens (primary N) is 1. The third-order valence-electron chi connectivity index (χ3n) is 6.67. The van der Waals surface area contributed by atoms with Crippen LogP contribution in [0.5, 0.6) is 5.75 Å². The molecule has 0 bridgehead atoms. The van der Waals surface area contributed by atoms with Crippen LogP contribution >= 0.6 is 0 Å². The van der Waals surface area contributed by atoms with Crippen molar-refractivity contribution in [1.82, 2.24) is 5.32 Å². The van der Waals surface area contributed by atoms with Crippen LogP contribution in [-0.4, -0.2) is 61.5 Å². The number of amides is 2. The minimum atomic E-state index is -1.02. The number of para-hydroxylation sites is 2. The fourth-order valence-electron chi connectivity index (χ4n) is 4.90. The quantitative estimate of drug-likeness (QED) is 0.382. The van der Waals surface area contributed by atoms with Gasteiger partial charge in [0.2, 0.25) is 0 Å². The lowest BCUT2D eigenvalue weighted by Crippen LogP contribution is -2.53. The Morgan fingerprint density at radius 1 is 1.10 bits per heavy atom. The van der Waals surface area contributed by atoms with E-state index in [1.165, 1.54) is 6.07 Å². The summed E-state index contributed by atoms with van der Waals surface area (Å²) < 4.78 is 11.2. The number of nitrogens with zero attached hydrogens (tertiary/aromatic N) is 2. The van der Waals surface area contributed by atoms with E-state index >= 15 is 0 Å². The van der Waals surface area contributed by atoms with Gasteiger partial charge in [0, 0.05) is 18.7 Å². The minimum absolute atomic E-state index is 0.125. The van der Waals surface area contributed by atoms with Crippen LogP contribution in [0.3, 0.4) is 0 Å². The summed E-state index contributed by atoms with van der Waals surface area (Å²) in [6, 6.07) is 15.1. The molecule has 4 N–H and O–H groups in total. The maximum absolute atomic E-state index is 14.2. The Labute approximate surface area is 233 Å². The molecule has 4 rings (SSSR count). The lowest BCUT2D eigenvalue weighted by atomic mass is 10.00. The first-order chi connectivity index (χ1) is 19.0. The molecule has 212 valence electrons. The molecule has 1 atom stereocenters. The predicted molar refractivity (Wildman–Crippen MR) is 154 cm³/mol. The van der Waals surface area contributed by atoms with E-state index in [0.29, 0.717) is 41.9 Å². The van der Waals surface area contributed by atoms with Crippen molar-refractivity contribution in [3.8, 4) is 5.75 Å². The van der Waals surface area contributed by atoms with Crippen molar-refractivity contribution in [2.75, 3.05) is 36.5 Å². The van der Waals surface area contributed by atoms with Crippen molar-refractivity contribution >= 4 is 40.1 Å². The normalized spacial score (nSPS) is 15.4. The maximum Gasteiger partial charge on any atom is 0.408 e. The number of nitrogens with one attached hydrogen (secondary N) is 1. The Morgan fingerprint density at radius 3 is 2.48 bits per heavy atom. The fourth-order valence-corrected chi connectivity index (χ4v) is 4.90. The summed E-state index contributed by atoms with van der Waals surface area (Å²) in [5, 5.41) is 13.7. The number of methoxy groups -OCH3 is 1. The number of anilines is 2. The molecule has 0 aliphatic carbocycles. The molecule has 0 fully saturated rings. The first kappa shape index (κ1) is 28.7. The number of ether oxygens (including phenoxy) is 2. The van der Waals surface area contributed by atoms with Crippen LogP contribution in [0.25, 0.3) is 10.8 Å². The number of fused-ring (bicyclic) bond motifs is 2. The number of hydrogen-bond donors (Lipinski definition) is 3. The first-order valence-electron chi connectivity index (χ1n) is 13.2. The largest absolute Gasteiger partial charge is 0.496 e. The van der Waals surface area contributed by atoms with Gasteiger partial charge in [-0.2, -0.15) is 0 Å². The standard InChI is InChI=1S/C30H36N4O6/c1-30(2,3)40-29(38)32-23-18-33(15-7-14-31)24-8-5-6-9-25(24)34(27(23)35)17-22-21-12-10-20(28(36)37)16-19(21)11-13-26(22)39-4/h5-6,8-13,16,23H,7,14-15,17-18,31H2,1-4H3,(H,32,38)(H,36,37)/t23-/m0/s1. The van der Waals surface area contributed by atoms with Crippen LogP contribution in [0.15, 0.2) is 54.6 Å². The molecule has 40 heavy (non-hydrogen) atoms. The van der Waals surface area contributed by atoms with Crippen molar-refractivity contribution in [3.63, 3.8) is 0 Å². The zero-order chi connectivity index (χ0) is 29.0. The van der Waals surface area contributed by atoms with Gasteiger partial charge in [-0.1, -0.05) is 24.3 Å². The summed E-state index contributed by atoms with van der Waals surface area (Å²) in [4.78, 5) is 42.3. The summed E-state index contributed by atoms with van der Waals surface area (Å²) in [7, 11) is 1.55. The van der Waals surface area contributed by atoms with Gasteiger partial charge in [-0.15, -0.1) is 0 Å². The highest BCUT2D eigenvalue weighted by Gasteiger charge is 2.36. The molecule has 1 aliphatic heterocycles. The summed E-state index contributed by atoms with van der Waals surface area (Å²) in [5.41, 5.74) is 7.48. The van der Waals surface area contributed by atoms with E-state index in [1.54, 1.807) is 57.0 Å². The summed E-state index contributed by atoms with van der Waals surface area (Å²) in [6.07, 6.45) is 0.0181. The topological polar surface area (TPSA) is 134 Å². The summed E-state index contributed by atoms with van der Waals surface area (Å²) >= 11 is 0. The molecule has 10 heteroatoms. The van der Waals surface area contributed by atoms with Crippen molar-refractivity contribution in [3.05, 3.63) is 65.7 Å². The molecule has 1 heterocycles. The van der Waals surface area contributed by atoms with Gasteiger partial charge in [0.15, 0.2) is 0 Å². The van der Waals surface area contributed by atoms with E-state index in [9.17, 15) is 19.5 Å². The van der Waals surface area contributed by atoms with Crippen molar-refractivity contribution in [2.24, 2.45) is 5.73 Å². The van der Waals surface area contributed by atoms with Gasteiger partial charge in [0.05, 0.1) is 30.6 Å². The minimum Gasteiger partial charge on any atom is -0.496 e. The first-order valence-corrected chi connectivity index (χ1v) is 13.2. The number of carboxylic acid groups (broad SMARTS) is 1. The predicted octanol–water partition coefficient (Wildman–Crippen LogP) is 4.14. The van der Waals surface area contributed by atoms with Gasteiger partial charge < -0.3 is 35.4 Å². The van der Waals surface area contributed by atoms with Gasteiger partial charge in [0.25, 0.3) is 5.91 Å². The molecule has 3 aromatic carbocycles. The van der Waals surface area contributed by atoms with Crippen molar-refractivity contribution in [1.29, 1.82) is 0 Å². The highest BCUT2D eigenvalue weighted by Crippen LogP contribution is 2.37. The third-order valence-corrected chi connectivity index (χ3v) is 6.67. The van der Waals surface area contributed by atoms with Crippen LogP contribution in [0.2, 0.25) is 0 Å². The van der Waals surface area contributed by atoms with Crippen molar-refractivity contribution < 1.29 is 29.0 Å². The van der Waals surface area contributed by atoms with E-state index in [1.807, 2.05) is 24.3 Å². The molecular weight excluding hydrogens is 512 g/mol. The number of rotatable bonds is 8. The van der Waals surface area contributed by atoms with Gasteiger partial charge in [-0.25, -0.2) is 9.59 Å². The molecule has 0 radical (unpaired) electrons. The number of aromatic carboxylic acids is 1. The lowest BCUT2D eigenvalue weighted by Gasteiger charge is -2.28. The van der Waals surface area contributed by atoms with Crippen LogP contribution < -0.4 is 25.6 Å². The lowest BCUT2D eigenvalue weighted by molar-refractivity contribution is -0.120. The molecule has 0 spiro atoms. The number of benzene rings is 3. The summed E-state index contributed by atoms with van der Waals surface area (Å²) in [6.45, 7) is 6.72. The molecule has 3 aromatic rings. The molecular formula is C30H36N4O6. The number of hydrogen-bond acceptors (Lipinski definition) is 7. The van der Waals surface area contributed by atoms with E-state index in [0.717, 1.165) is 11.1 Å². The van der Waals surface area contributed by atoms with Gasteiger partial charge in [-0.05, 0) is 74.8 Å². The highest BCUT2D eigenvalue weighted by atomic mass is 16.6. The monoisotopic (exact) mass is 548 g/mol. The molecule has 0 unspecified atom stereocenters. The average molecular weight is 549 g/mol. The molecule has 0 aromatic heterocycles. The number of carbonyl (C=O) groups is 3. The van der Waals surface area contributed by atoms with Crippen LogP contribution in [0.4, 0.5) is 16.2 Å². The van der Waals surface area contributed by atoms with Crippen LogP contribution in [0.1, 0.15) is 43.1 Å². The Hall–Kier alpha value is -4.31. The molecule has 10 nitrogen and oxygen atoms in total. The SMILES string of the molecule is COc1ccc2cc(C(=O)O)ccc2c1CN1C(=O)[C@@H](NC(=O)OC(C)(C)C)CN(CCCN)c2ccccc21. The molecule has 2 amide bonds. The van der Waals surface area contributed by atoms with Gasteiger partial charge in [0.1, 0.15) is 17.4 Å². The van der Waals surface area contributed by atoms with Crippen molar-refractivity contribution in [2.45, 2.75) is 45.4 Å². The highest BCUT2D eigenvalue weighted by molar-refractivity contribution is 6.04. The van der Waals surface area contributed by atoms with Crippen LogP contribution in [0, 0.1) is 0 Å². The maximum atomic E-state index is 14.2. The van der Waals surface area contributed by atoms with E-state index in [-0.39, 0.29) is 24.6 Å². The zero-order valence-corrected chi connectivity index (χ0v) is 23.3. The van der Waals surface area contributed by atoms with Gasteiger partial charge in [-0.3, -0.25) is 4.79 Å². The zero-order valence-electron chi connectivity index (χ0n) is 23.3. The number of carboxylic acids is 1. The number of alkyl carbamates (subject to hydrolysis) is 1. The Kier molecular flexibility index (Phi) is 8.49. The third kappa shape index (κ3) is 6.28. The van der Waals surface area contributed by atoms with Gasteiger partial charge >= 0.3 is 12.1 Å². The molecule has 0 saturated carbocycles. The molecule has 0 saturated heterocycles. The Morgan fingerprint density at radius 2 is 1.82 bits per heavy atom. The average Bonchev–Trinajstić information content (AvgIpc) is 3.01. The van der Waals surface area contributed by atoms with E-state index < -0.39 is 23.7 Å². The van der Waals surface area contributed by atoms with E-state index in [2.05, 4.69) is 10.2 Å². The van der Waals surface area contributed by atoms with E-state index in [4.69, 9.17) is 15.2 Å². The number of carbonyl (C=O) groups excluding carboxylic acids is 2. The second-order valence-corrected chi connectivity index (χ2v) is 10.7. The smallest absolute Gasteiger partial charge is 0.408 e. The second-order valence-electron chi connectivity index (χ2n) is 10.7. The second kappa shape index (κ2) is 11.8. The van der Waals surface area contributed by atoms with Crippen LogP contribution in [-0.2, 0) is 16.1 Å².